The zero-order chi connectivity index (χ0) is 19.5. The lowest BCUT2D eigenvalue weighted by Crippen LogP contribution is -2.30. The topological polar surface area (TPSA) is 0 Å². The second-order valence-corrected chi connectivity index (χ2v) is 9.43. The molecule has 4 atom stereocenters. The Bertz CT molecular complexity index is 796. The Labute approximate surface area is 168 Å². The maximum Gasteiger partial charge on any atom is 0.159 e. The van der Waals surface area contributed by atoms with Crippen molar-refractivity contribution >= 4 is 10.8 Å². The Morgan fingerprint density at radius 3 is 2.36 bits per heavy atom. The Balaban J connectivity index is 1.37. The fourth-order valence-corrected chi connectivity index (χ4v) is 5.93. The minimum Gasteiger partial charge on any atom is -0.204 e. The first-order chi connectivity index (χ1) is 13.6. The van der Waals surface area contributed by atoms with E-state index in [0.717, 1.165) is 28.5 Å². The van der Waals surface area contributed by atoms with Gasteiger partial charge >= 0.3 is 0 Å². The average Bonchev–Trinajstić information content (AvgIpc) is 2.71. The molecule has 0 saturated heterocycles. The van der Waals surface area contributed by atoms with Crippen LogP contribution in [0.4, 0.5) is 8.78 Å². The first-order valence-electron chi connectivity index (χ1n) is 11.5. The molecule has 2 unspecified atom stereocenters. The van der Waals surface area contributed by atoms with Crippen molar-refractivity contribution in [1.82, 2.24) is 0 Å². The summed E-state index contributed by atoms with van der Waals surface area (Å²) in [5.74, 6) is 1.84. The summed E-state index contributed by atoms with van der Waals surface area (Å²) in [5.41, 5.74) is 1.32. The molecular formula is C26H34F2. The number of hydrogen-bond acceptors (Lipinski definition) is 0. The molecule has 0 bridgehead atoms. The van der Waals surface area contributed by atoms with Crippen LogP contribution in [0.1, 0.15) is 89.0 Å². The van der Waals surface area contributed by atoms with E-state index in [1.165, 1.54) is 88.3 Å². The number of benzene rings is 2. The highest BCUT2D eigenvalue weighted by molar-refractivity contribution is 5.83. The van der Waals surface area contributed by atoms with Gasteiger partial charge in [-0.3, -0.25) is 0 Å². The Kier molecular flexibility index (Phi) is 6.33. The summed E-state index contributed by atoms with van der Waals surface area (Å²) in [7, 11) is 0. The summed E-state index contributed by atoms with van der Waals surface area (Å²) in [6.07, 6.45) is 15.1. The van der Waals surface area contributed by atoms with Crippen molar-refractivity contribution in [2.45, 2.75) is 83.5 Å². The van der Waals surface area contributed by atoms with Crippen LogP contribution in [0.2, 0.25) is 0 Å². The first-order valence-corrected chi connectivity index (χ1v) is 11.5. The summed E-state index contributed by atoms with van der Waals surface area (Å²) in [5, 5.41) is 1.62. The van der Waals surface area contributed by atoms with Crippen molar-refractivity contribution in [2.75, 3.05) is 0 Å². The van der Waals surface area contributed by atoms with Crippen LogP contribution in [0, 0.1) is 29.4 Å². The molecule has 0 spiro atoms. The molecule has 2 heteroatoms. The summed E-state index contributed by atoms with van der Waals surface area (Å²) in [6.45, 7) is 2.29. The third kappa shape index (κ3) is 4.42. The Morgan fingerprint density at radius 1 is 0.786 bits per heavy atom. The molecule has 2 fully saturated rings. The molecule has 152 valence electrons. The van der Waals surface area contributed by atoms with Crippen molar-refractivity contribution in [3.8, 4) is 0 Å². The molecule has 0 aliphatic heterocycles. The van der Waals surface area contributed by atoms with Crippen molar-refractivity contribution < 1.29 is 8.78 Å². The predicted octanol–water partition coefficient (Wildman–Crippen LogP) is 8.39. The van der Waals surface area contributed by atoms with Crippen molar-refractivity contribution in [3.05, 3.63) is 47.5 Å². The van der Waals surface area contributed by atoms with E-state index in [2.05, 4.69) is 19.1 Å². The van der Waals surface area contributed by atoms with Crippen LogP contribution in [-0.4, -0.2) is 0 Å². The molecule has 0 heterocycles. The summed E-state index contributed by atoms with van der Waals surface area (Å²) < 4.78 is 27.1. The van der Waals surface area contributed by atoms with E-state index >= 15 is 0 Å². The van der Waals surface area contributed by atoms with Crippen molar-refractivity contribution in [1.29, 1.82) is 0 Å². The predicted molar refractivity (Wildman–Crippen MR) is 114 cm³/mol. The van der Waals surface area contributed by atoms with Crippen LogP contribution in [0.25, 0.3) is 10.8 Å². The number of fused-ring (bicyclic) bond motifs is 2. The smallest absolute Gasteiger partial charge is 0.159 e. The van der Waals surface area contributed by atoms with E-state index in [0.29, 0.717) is 5.92 Å². The second-order valence-electron chi connectivity index (χ2n) is 9.43. The lowest BCUT2D eigenvalue weighted by Gasteiger charge is -2.42. The van der Waals surface area contributed by atoms with E-state index in [9.17, 15) is 8.78 Å². The molecule has 0 amide bonds. The minimum atomic E-state index is -0.757. The van der Waals surface area contributed by atoms with Gasteiger partial charge in [-0.1, -0.05) is 63.6 Å². The Hall–Kier alpha value is -1.44. The SMILES string of the molecule is CCCCCC[C@@H]1CC[C@@H]2CC(c3ccc4cc(F)c(F)cc4c3)CCC2C1. The van der Waals surface area contributed by atoms with Crippen LogP contribution in [0.3, 0.4) is 0 Å². The minimum absolute atomic E-state index is 0.583. The lowest BCUT2D eigenvalue weighted by molar-refractivity contribution is 0.113. The van der Waals surface area contributed by atoms with Gasteiger partial charge in [0.05, 0.1) is 0 Å². The number of halogens is 2. The van der Waals surface area contributed by atoms with Crippen LogP contribution in [-0.2, 0) is 0 Å². The molecule has 2 aliphatic carbocycles. The van der Waals surface area contributed by atoms with E-state index < -0.39 is 11.6 Å². The normalized spacial score (nSPS) is 27.7. The van der Waals surface area contributed by atoms with Gasteiger partial charge in [0.2, 0.25) is 0 Å². The van der Waals surface area contributed by atoms with Gasteiger partial charge in [-0.25, -0.2) is 8.78 Å². The highest BCUT2D eigenvalue weighted by Gasteiger charge is 2.35. The molecule has 2 aromatic rings. The van der Waals surface area contributed by atoms with Gasteiger partial charge in [0, 0.05) is 0 Å². The van der Waals surface area contributed by atoms with Gasteiger partial charge in [0.1, 0.15) is 0 Å². The molecule has 0 aromatic heterocycles. The van der Waals surface area contributed by atoms with E-state index in [-0.39, 0.29) is 0 Å². The molecule has 0 nitrogen and oxygen atoms in total. The zero-order valence-electron chi connectivity index (χ0n) is 17.2. The molecule has 2 saturated carbocycles. The molecule has 28 heavy (non-hydrogen) atoms. The average molecular weight is 385 g/mol. The van der Waals surface area contributed by atoms with E-state index in [1.54, 1.807) is 0 Å². The number of rotatable bonds is 6. The van der Waals surface area contributed by atoms with Crippen LogP contribution in [0.15, 0.2) is 30.3 Å². The van der Waals surface area contributed by atoms with Gasteiger partial charge in [-0.05, 0) is 84.2 Å². The third-order valence-electron chi connectivity index (χ3n) is 7.56. The highest BCUT2D eigenvalue weighted by atomic mass is 19.2. The number of hydrogen-bond donors (Lipinski definition) is 0. The molecule has 0 radical (unpaired) electrons. The third-order valence-corrected chi connectivity index (χ3v) is 7.56. The van der Waals surface area contributed by atoms with Gasteiger partial charge in [-0.15, -0.1) is 0 Å². The van der Waals surface area contributed by atoms with Gasteiger partial charge < -0.3 is 0 Å². The summed E-state index contributed by atoms with van der Waals surface area (Å²) in [6, 6.07) is 8.87. The maximum atomic E-state index is 13.6. The zero-order valence-corrected chi connectivity index (χ0v) is 17.2. The molecular weight excluding hydrogens is 350 g/mol. The molecule has 0 N–H and O–H groups in total. The van der Waals surface area contributed by atoms with Crippen LogP contribution < -0.4 is 0 Å². The van der Waals surface area contributed by atoms with E-state index in [4.69, 9.17) is 0 Å². The molecule has 2 aliphatic rings. The van der Waals surface area contributed by atoms with E-state index in [1.807, 2.05) is 6.07 Å². The Morgan fingerprint density at radius 2 is 1.54 bits per heavy atom. The first kappa shape index (κ1) is 19.9. The quantitative estimate of drug-likeness (QED) is 0.439. The van der Waals surface area contributed by atoms with Crippen molar-refractivity contribution in [2.24, 2.45) is 17.8 Å². The fourth-order valence-electron chi connectivity index (χ4n) is 5.93. The van der Waals surface area contributed by atoms with Crippen LogP contribution in [0.5, 0.6) is 0 Å². The standard InChI is InChI=1S/C26H34F2/c1-2-3-4-5-6-18-7-8-20-14-21(10-9-19(20)13-18)22-11-12-23-16-25(27)26(28)17-24(23)15-22/h11-12,15-21H,2-10,13-14H2,1H3/t18-,19?,20-,21?/m1/s1. The second kappa shape index (κ2) is 8.93. The summed E-state index contributed by atoms with van der Waals surface area (Å²) >= 11 is 0. The van der Waals surface area contributed by atoms with Crippen molar-refractivity contribution in [3.63, 3.8) is 0 Å². The largest absolute Gasteiger partial charge is 0.204 e. The van der Waals surface area contributed by atoms with Crippen LogP contribution >= 0.6 is 0 Å². The molecule has 4 rings (SSSR count). The lowest BCUT2D eigenvalue weighted by atomic mass is 9.63. The van der Waals surface area contributed by atoms with Gasteiger partial charge in [-0.2, -0.15) is 0 Å². The fraction of sp³-hybridized carbons (Fsp3) is 0.615. The monoisotopic (exact) mass is 384 g/mol. The van der Waals surface area contributed by atoms with Gasteiger partial charge in [0.25, 0.3) is 0 Å². The maximum absolute atomic E-state index is 13.6. The molecule has 2 aromatic carbocycles. The highest BCUT2D eigenvalue weighted by Crippen LogP contribution is 2.48. The summed E-state index contributed by atoms with van der Waals surface area (Å²) in [4.78, 5) is 0. The number of unbranched alkanes of at least 4 members (excludes halogenated alkanes) is 3. The van der Waals surface area contributed by atoms with Gasteiger partial charge in [0.15, 0.2) is 11.6 Å².